The van der Waals surface area contributed by atoms with E-state index in [1.807, 2.05) is 6.92 Å². The maximum absolute atomic E-state index is 5.06. The fourth-order valence-electron chi connectivity index (χ4n) is 0.288. The molecular weight excluding hydrogens is 104 g/mol. The Morgan fingerprint density at radius 3 is 2.25 bits per heavy atom. The minimum absolute atomic E-state index is 0.0139. The van der Waals surface area contributed by atoms with Crippen LogP contribution in [-0.4, -0.2) is 19.2 Å². The molecule has 5 N–H and O–H groups in total. The van der Waals surface area contributed by atoms with Crippen molar-refractivity contribution in [1.82, 2.24) is 5.32 Å². The van der Waals surface area contributed by atoms with Crippen LogP contribution >= 0.6 is 0 Å². The third-order valence-electron chi connectivity index (χ3n) is 0.760. The molecule has 0 fully saturated rings. The molecule has 0 spiro atoms. The highest BCUT2D eigenvalue weighted by molar-refractivity contribution is 5.75. The quantitative estimate of drug-likeness (QED) is 0.314. The topological polar surface area (TPSA) is 76.4 Å². The van der Waals surface area contributed by atoms with E-state index in [2.05, 4.69) is 10.3 Å². The molecule has 1 atom stereocenters. The highest BCUT2D eigenvalue weighted by atomic mass is 15.1. The van der Waals surface area contributed by atoms with Gasteiger partial charge in [-0.3, -0.25) is 5.32 Å². The summed E-state index contributed by atoms with van der Waals surface area (Å²) in [6.07, 6.45) is 0.0139. The van der Waals surface area contributed by atoms with Gasteiger partial charge in [-0.2, -0.15) is 0 Å². The Balaban J connectivity index is 3.51. The second-order valence-corrected chi connectivity index (χ2v) is 1.52. The highest BCUT2D eigenvalue weighted by Crippen LogP contribution is 1.76. The Kier molecular flexibility index (Phi) is 2.95. The fourth-order valence-corrected chi connectivity index (χ4v) is 0.288. The molecule has 0 heterocycles. The van der Waals surface area contributed by atoms with Crippen molar-refractivity contribution in [3.05, 3.63) is 0 Å². The largest absolute Gasteiger partial charge is 0.370 e. The SMILES string of the molecule is CNC(C)N=C(N)N. The van der Waals surface area contributed by atoms with Gasteiger partial charge in [0.05, 0.1) is 0 Å². The molecule has 0 aliphatic rings. The van der Waals surface area contributed by atoms with E-state index in [1.54, 1.807) is 7.05 Å². The molecule has 48 valence electrons. The van der Waals surface area contributed by atoms with Crippen molar-refractivity contribution in [2.24, 2.45) is 16.5 Å². The Bertz CT molecular complexity index is 84.0. The summed E-state index contributed by atoms with van der Waals surface area (Å²) in [6.45, 7) is 1.86. The monoisotopic (exact) mass is 116 g/mol. The van der Waals surface area contributed by atoms with E-state index in [1.165, 1.54) is 0 Å². The van der Waals surface area contributed by atoms with Crippen LogP contribution in [0.15, 0.2) is 4.99 Å². The van der Waals surface area contributed by atoms with Crippen molar-refractivity contribution in [3.63, 3.8) is 0 Å². The second-order valence-electron chi connectivity index (χ2n) is 1.52. The van der Waals surface area contributed by atoms with Crippen LogP contribution in [0.1, 0.15) is 6.92 Å². The molecule has 1 unspecified atom stereocenters. The molecule has 8 heavy (non-hydrogen) atoms. The van der Waals surface area contributed by atoms with Crippen molar-refractivity contribution < 1.29 is 0 Å². The first-order valence-corrected chi connectivity index (χ1v) is 2.43. The first kappa shape index (κ1) is 7.23. The molecule has 0 saturated heterocycles. The fraction of sp³-hybridized carbons (Fsp3) is 0.750. The molecular formula is C4H12N4. The maximum atomic E-state index is 5.06. The van der Waals surface area contributed by atoms with Crippen LogP contribution in [0.4, 0.5) is 0 Å². The van der Waals surface area contributed by atoms with E-state index in [4.69, 9.17) is 11.5 Å². The molecule has 0 aromatic carbocycles. The van der Waals surface area contributed by atoms with Crippen LogP contribution in [0.5, 0.6) is 0 Å². The van der Waals surface area contributed by atoms with Crippen molar-refractivity contribution in [3.8, 4) is 0 Å². The number of hydrogen-bond acceptors (Lipinski definition) is 2. The second kappa shape index (κ2) is 3.26. The maximum Gasteiger partial charge on any atom is 0.187 e. The van der Waals surface area contributed by atoms with Gasteiger partial charge < -0.3 is 11.5 Å². The van der Waals surface area contributed by atoms with E-state index < -0.39 is 0 Å². The molecule has 0 aromatic heterocycles. The Morgan fingerprint density at radius 1 is 1.62 bits per heavy atom. The third kappa shape index (κ3) is 3.42. The third-order valence-corrected chi connectivity index (χ3v) is 0.760. The summed E-state index contributed by atoms with van der Waals surface area (Å²) in [6, 6.07) is 0. The first-order chi connectivity index (χ1) is 3.66. The highest BCUT2D eigenvalue weighted by Gasteiger charge is 1.89. The number of guanidine groups is 1. The number of aliphatic imine (C=N–C) groups is 1. The zero-order valence-electron chi connectivity index (χ0n) is 5.18. The zero-order valence-corrected chi connectivity index (χ0v) is 5.18. The average Bonchev–Trinajstić information content (AvgIpc) is 1.65. The lowest BCUT2D eigenvalue weighted by molar-refractivity contribution is 0.640. The number of hydrogen-bond donors (Lipinski definition) is 3. The molecule has 4 nitrogen and oxygen atoms in total. The van der Waals surface area contributed by atoms with Gasteiger partial charge in [-0.1, -0.05) is 0 Å². The van der Waals surface area contributed by atoms with Gasteiger partial charge in [-0.15, -0.1) is 0 Å². The smallest absolute Gasteiger partial charge is 0.187 e. The van der Waals surface area contributed by atoms with Crippen molar-refractivity contribution in [2.45, 2.75) is 13.1 Å². The number of rotatable bonds is 2. The van der Waals surface area contributed by atoms with Crippen LogP contribution in [-0.2, 0) is 0 Å². The van der Waals surface area contributed by atoms with Crippen molar-refractivity contribution in [2.75, 3.05) is 7.05 Å². The van der Waals surface area contributed by atoms with Gasteiger partial charge in [0, 0.05) is 0 Å². The summed E-state index contributed by atoms with van der Waals surface area (Å²) in [5.41, 5.74) is 10.1. The van der Waals surface area contributed by atoms with E-state index in [9.17, 15) is 0 Å². The Morgan fingerprint density at radius 2 is 2.12 bits per heavy atom. The Labute approximate surface area is 49.0 Å². The standard InChI is InChI=1S/C4H12N4/c1-3(7-2)8-4(5)6/h3,7H,1-2H3,(H4,5,6,8). The summed E-state index contributed by atoms with van der Waals surface area (Å²) < 4.78 is 0. The van der Waals surface area contributed by atoms with E-state index in [0.717, 1.165) is 0 Å². The van der Waals surface area contributed by atoms with Crippen molar-refractivity contribution >= 4 is 5.96 Å². The van der Waals surface area contributed by atoms with Crippen LogP contribution in [0.2, 0.25) is 0 Å². The minimum Gasteiger partial charge on any atom is -0.370 e. The molecule has 0 rings (SSSR count). The van der Waals surface area contributed by atoms with Crippen LogP contribution < -0.4 is 16.8 Å². The number of nitrogens with two attached hydrogens (primary N) is 2. The summed E-state index contributed by atoms with van der Waals surface area (Å²) in [5.74, 6) is 0.117. The van der Waals surface area contributed by atoms with Gasteiger partial charge in [0.15, 0.2) is 5.96 Å². The van der Waals surface area contributed by atoms with Crippen LogP contribution in [0.3, 0.4) is 0 Å². The molecule has 0 aliphatic heterocycles. The number of nitrogens with zero attached hydrogens (tertiary/aromatic N) is 1. The van der Waals surface area contributed by atoms with E-state index in [0.29, 0.717) is 0 Å². The molecule has 4 heteroatoms. The minimum atomic E-state index is 0.0139. The number of nitrogens with one attached hydrogen (secondary N) is 1. The molecule has 0 amide bonds. The van der Waals surface area contributed by atoms with Gasteiger partial charge in [0.2, 0.25) is 0 Å². The van der Waals surface area contributed by atoms with Gasteiger partial charge in [-0.05, 0) is 14.0 Å². The van der Waals surface area contributed by atoms with Crippen LogP contribution in [0, 0.1) is 0 Å². The van der Waals surface area contributed by atoms with E-state index >= 15 is 0 Å². The normalized spacial score (nSPS) is 12.8. The molecule has 0 bridgehead atoms. The van der Waals surface area contributed by atoms with Gasteiger partial charge >= 0.3 is 0 Å². The summed E-state index contributed by atoms with van der Waals surface area (Å²) in [7, 11) is 1.79. The molecule has 0 aromatic rings. The lowest BCUT2D eigenvalue weighted by Crippen LogP contribution is -2.29. The predicted molar refractivity (Wildman–Crippen MR) is 34.3 cm³/mol. The van der Waals surface area contributed by atoms with Gasteiger partial charge in [-0.25, -0.2) is 4.99 Å². The Hall–Kier alpha value is -0.770. The summed E-state index contributed by atoms with van der Waals surface area (Å²) >= 11 is 0. The lowest BCUT2D eigenvalue weighted by Gasteiger charge is -2.01. The predicted octanol–water partition coefficient (Wildman–Crippen LogP) is -1.17. The van der Waals surface area contributed by atoms with Gasteiger partial charge in [0.1, 0.15) is 6.17 Å². The first-order valence-electron chi connectivity index (χ1n) is 2.43. The van der Waals surface area contributed by atoms with Gasteiger partial charge in [0.25, 0.3) is 0 Å². The zero-order chi connectivity index (χ0) is 6.57. The van der Waals surface area contributed by atoms with Crippen molar-refractivity contribution in [1.29, 1.82) is 0 Å². The van der Waals surface area contributed by atoms with E-state index in [-0.39, 0.29) is 12.1 Å². The van der Waals surface area contributed by atoms with Crippen LogP contribution in [0.25, 0.3) is 0 Å². The summed E-state index contributed by atoms with van der Waals surface area (Å²) in [5, 5.41) is 2.85. The molecule has 0 saturated carbocycles. The summed E-state index contributed by atoms with van der Waals surface area (Å²) in [4.78, 5) is 3.76. The molecule has 0 aliphatic carbocycles. The molecule has 0 radical (unpaired) electrons. The average molecular weight is 116 g/mol. The lowest BCUT2D eigenvalue weighted by atomic mass is 10.6.